The van der Waals surface area contributed by atoms with Crippen LogP contribution in [-0.4, -0.2) is 5.91 Å². The largest absolute Gasteiger partial charge is 0.398 e. The van der Waals surface area contributed by atoms with Gasteiger partial charge in [-0.05, 0) is 66.1 Å². The number of carbonyl (C=O) groups excluding carboxylic acids is 1. The number of hydrogen-bond donors (Lipinski definition) is 4. The number of carbonyl (C=O) groups is 1. The van der Waals surface area contributed by atoms with Crippen LogP contribution in [0.4, 0.5) is 10.1 Å². The summed E-state index contributed by atoms with van der Waals surface area (Å²) in [6, 6.07) is 21.1. The Labute approximate surface area is 184 Å². The second-order valence-electron chi connectivity index (χ2n) is 7.07. The molecule has 0 atom stereocenters. The number of rotatable bonds is 7. The third-order valence-electron chi connectivity index (χ3n) is 4.71. The maximum atomic E-state index is 13.2. The van der Waals surface area contributed by atoms with Crippen molar-refractivity contribution < 1.29 is 12.0 Å². The van der Waals surface area contributed by atoms with Crippen molar-refractivity contribution in [2.45, 2.75) is 13.5 Å². The second-order valence-corrected chi connectivity index (χ2v) is 7.07. The van der Waals surface area contributed by atoms with Gasteiger partial charge in [0.2, 0.25) is 0 Å². The summed E-state index contributed by atoms with van der Waals surface area (Å²) in [5.74, 6) is -0.140. The van der Waals surface area contributed by atoms with E-state index in [2.05, 4.69) is 10.6 Å². The molecule has 0 saturated heterocycles. The summed E-state index contributed by atoms with van der Waals surface area (Å²) < 4.78 is 13.2. The third kappa shape index (κ3) is 6.21. The smallest absolute Gasteiger partial charge is 0.251 e. The van der Waals surface area contributed by atoms with Gasteiger partial charge in [0, 0.05) is 26.3 Å². The van der Waals surface area contributed by atoms with E-state index < -0.39 is 0 Å². The van der Waals surface area contributed by atoms with E-state index in [4.69, 9.17) is 11.5 Å². The molecule has 1 amide bonds. The van der Waals surface area contributed by atoms with Crippen molar-refractivity contribution in [3.8, 4) is 0 Å². The fraction of sp³-hybridized carbons (Fsp3) is 0.0800. The number of allylic oxidation sites excluding steroid dienone is 2. The molecule has 6 heteroatoms. The molecule has 0 aliphatic rings. The van der Waals surface area contributed by atoms with E-state index in [1.165, 1.54) is 12.1 Å². The van der Waals surface area contributed by atoms with Gasteiger partial charge in [-0.1, -0.05) is 42.5 Å². The van der Waals surface area contributed by atoms with Crippen LogP contribution in [0.5, 0.6) is 0 Å². The summed E-state index contributed by atoms with van der Waals surface area (Å²) in [6.07, 6.45) is 3.39. The molecule has 0 heterocycles. The summed E-state index contributed by atoms with van der Waals surface area (Å²) in [4.78, 5) is 12.5. The molecule has 0 radical (unpaired) electrons. The van der Waals surface area contributed by atoms with Gasteiger partial charge in [0.25, 0.3) is 5.91 Å². The molecule has 0 unspecified atom stereocenters. The lowest BCUT2D eigenvalue weighted by molar-refractivity contribution is 0.0951. The minimum Gasteiger partial charge on any atom is -0.398 e. The first kappa shape index (κ1) is 21.6. The van der Waals surface area contributed by atoms with Crippen LogP contribution in [0.1, 0.15) is 29.9 Å². The molecular weight excluding hydrogens is 391 g/mol. The predicted molar refractivity (Wildman–Crippen MR) is 127 cm³/mol. The molecular formula is C25H29FN4O. The van der Waals surface area contributed by atoms with Gasteiger partial charge in [-0.2, -0.15) is 0 Å². The van der Waals surface area contributed by atoms with E-state index in [-0.39, 0.29) is 14.6 Å². The monoisotopic (exact) mass is 420 g/mol. The molecule has 0 aliphatic heterocycles. The number of amides is 1. The van der Waals surface area contributed by atoms with E-state index in [0.717, 1.165) is 16.7 Å². The van der Waals surface area contributed by atoms with Crippen LogP contribution in [0, 0.1) is 12.7 Å². The zero-order valence-electron chi connectivity index (χ0n) is 17.2. The average molecular weight is 421 g/mol. The maximum Gasteiger partial charge on any atom is 0.251 e. The highest BCUT2D eigenvalue weighted by molar-refractivity contribution is 5.95. The van der Waals surface area contributed by atoms with Gasteiger partial charge < -0.3 is 22.1 Å². The molecule has 31 heavy (non-hydrogen) atoms. The maximum absolute atomic E-state index is 13.2. The lowest BCUT2D eigenvalue weighted by atomic mass is 10.1. The molecule has 6 N–H and O–H groups in total. The summed E-state index contributed by atoms with van der Waals surface area (Å²) in [7, 11) is 0. The van der Waals surface area contributed by atoms with Gasteiger partial charge >= 0.3 is 0 Å². The van der Waals surface area contributed by atoms with Gasteiger partial charge in [-0.3, -0.25) is 4.79 Å². The summed E-state index contributed by atoms with van der Waals surface area (Å²) in [5.41, 5.74) is 16.4. The molecule has 0 fully saturated rings. The van der Waals surface area contributed by atoms with Crippen molar-refractivity contribution in [1.29, 1.82) is 0 Å². The van der Waals surface area contributed by atoms with Crippen molar-refractivity contribution >= 4 is 17.3 Å². The van der Waals surface area contributed by atoms with Crippen LogP contribution in [0.25, 0.3) is 5.70 Å². The number of nitrogens with two attached hydrogens (primary N) is 2. The number of benzene rings is 3. The quantitative estimate of drug-likeness (QED) is 0.414. The zero-order chi connectivity index (χ0) is 22.2. The topological polar surface area (TPSA) is 93.2 Å². The highest BCUT2D eigenvalue weighted by Crippen LogP contribution is 2.14. The van der Waals surface area contributed by atoms with Crippen LogP contribution < -0.4 is 22.1 Å². The molecule has 0 aliphatic carbocycles. The van der Waals surface area contributed by atoms with Gasteiger partial charge in [0.15, 0.2) is 0 Å². The SMILES string of the molecule is Cc1cc(F)ccc1CNC(=O)c1cccc(N/C(N)=C/C=C(\N)c2ccccc2)c1.[HH].[HH]. The minimum atomic E-state index is -0.294. The standard InChI is InChI=1S/C25H25FN4O.2H2/c1-17-14-21(26)11-10-20(17)16-29-25(31)19-8-5-9-22(15-19)30-24(28)13-12-23(27)18-6-3-2-4-7-18;;/h2-15,30H,16,27-28H2,1H3,(H,29,31);2*1H/b23-12-,24-13+;;. The first-order valence-electron chi connectivity index (χ1n) is 9.81. The zero-order valence-corrected chi connectivity index (χ0v) is 17.2. The summed E-state index contributed by atoms with van der Waals surface area (Å²) in [5, 5.41) is 5.90. The van der Waals surface area contributed by atoms with E-state index >= 15 is 0 Å². The van der Waals surface area contributed by atoms with E-state index in [9.17, 15) is 9.18 Å². The van der Waals surface area contributed by atoms with Crippen LogP contribution in [0.15, 0.2) is 90.8 Å². The predicted octanol–water partition coefficient (Wildman–Crippen LogP) is 4.77. The Morgan fingerprint density at radius 2 is 1.71 bits per heavy atom. The second kappa shape index (κ2) is 10.1. The van der Waals surface area contributed by atoms with E-state index in [0.29, 0.717) is 29.3 Å². The number of nitrogens with one attached hydrogen (secondary N) is 2. The van der Waals surface area contributed by atoms with Crippen LogP contribution in [0.2, 0.25) is 0 Å². The molecule has 162 valence electrons. The Kier molecular flexibility index (Phi) is 7.06. The van der Waals surface area contributed by atoms with E-state index in [1.54, 1.807) is 36.4 Å². The van der Waals surface area contributed by atoms with Crippen LogP contribution >= 0.6 is 0 Å². The Hall–Kier alpha value is -4.06. The average Bonchev–Trinajstić information content (AvgIpc) is 2.77. The number of hydrogen-bond acceptors (Lipinski definition) is 4. The lowest BCUT2D eigenvalue weighted by Gasteiger charge is -2.10. The molecule has 3 aromatic carbocycles. The molecule has 3 aromatic rings. The Morgan fingerprint density at radius 3 is 2.45 bits per heavy atom. The number of halogens is 1. The highest BCUT2D eigenvalue weighted by atomic mass is 19.1. The molecule has 0 saturated carbocycles. The van der Waals surface area contributed by atoms with Gasteiger partial charge in [0.1, 0.15) is 11.6 Å². The van der Waals surface area contributed by atoms with Crippen molar-refractivity contribution in [3.05, 3.63) is 119 Å². The third-order valence-corrected chi connectivity index (χ3v) is 4.71. The van der Waals surface area contributed by atoms with Crippen molar-refractivity contribution in [2.24, 2.45) is 11.5 Å². The van der Waals surface area contributed by atoms with Crippen molar-refractivity contribution in [3.63, 3.8) is 0 Å². The molecule has 0 bridgehead atoms. The summed E-state index contributed by atoms with van der Waals surface area (Å²) >= 11 is 0. The van der Waals surface area contributed by atoms with Gasteiger partial charge in [-0.15, -0.1) is 0 Å². The summed E-state index contributed by atoms with van der Waals surface area (Å²) in [6.45, 7) is 2.12. The minimum absolute atomic E-state index is 0. The molecule has 0 spiro atoms. The Bertz CT molecular complexity index is 1130. The van der Waals surface area contributed by atoms with Crippen LogP contribution in [-0.2, 0) is 6.54 Å². The fourth-order valence-corrected chi connectivity index (χ4v) is 2.99. The molecule has 0 aromatic heterocycles. The van der Waals surface area contributed by atoms with Gasteiger partial charge in [0.05, 0.1) is 0 Å². The Morgan fingerprint density at radius 1 is 0.968 bits per heavy atom. The highest BCUT2D eigenvalue weighted by Gasteiger charge is 2.08. The van der Waals surface area contributed by atoms with Crippen LogP contribution in [0.3, 0.4) is 0 Å². The Balaban J connectivity index is 0.00000272. The van der Waals surface area contributed by atoms with Gasteiger partial charge in [-0.25, -0.2) is 4.39 Å². The first-order chi connectivity index (χ1) is 14.9. The van der Waals surface area contributed by atoms with E-state index in [1.807, 2.05) is 43.3 Å². The van der Waals surface area contributed by atoms with Crippen molar-refractivity contribution in [1.82, 2.24) is 5.32 Å². The first-order valence-corrected chi connectivity index (χ1v) is 9.81. The van der Waals surface area contributed by atoms with Crippen molar-refractivity contribution in [2.75, 3.05) is 5.32 Å². The number of anilines is 1. The normalized spacial score (nSPS) is 11.8. The fourth-order valence-electron chi connectivity index (χ4n) is 2.99. The lowest BCUT2D eigenvalue weighted by Crippen LogP contribution is -2.23. The molecule has 3 rings (SSSR count). The number of aryl methyl sites for hydroxylation is 1. The molecule has 5 nitrogen and oxygen atoms in total.